The largest absolute Gasteiger partial charge is 0.346 e. The molecule has 4 heteroatoms. The molecule has 0 heterocycles. The van der Waals surface area contributed by atoms with Crippen LogP contribution < -0.4 is 5.32 Å². The molecule has 64 valence electrons. The third-order valence-electron chi connectivity index (χ3n) is 1.05. The van der Waals surface area contributed by atoms with Crippen molar-refractivity contribution in [2.45, 2.75) is 13.0 Å². The zero-order valence-corrected chi connectivity index (χ0v) is 7.13. The quantitative estimate of drug-likeness (QED) is 0.548. The van der Waals surface area contributed by atoms with Crippen molar-refractivity contribution < 1.29 is 9.59 Å². The number of rotatable bonds is 4. The summed E-state index contributed by atoms with van der Waals surface area (Å²) in [6, 6.07) is -0.387. The van der Waals surface area contributed by atoms with Gasteiger partial charge in [-0.2, -0.15) is 0 Å². The van der Waals surface area contributed by atoms with Crippen molar-refractivity contribution in [3.05, 3.63) is 0 Å². The van der Waals surface area contributed by atoms with Crippen LogP contribution in [0, 0.1) is 0 Å². The van der Waals surface area contributed by atoms with Crippen LogP contribution in [0.25, 0.3) is 0 Å². The van der Waals surface area contributed by atoms with Gasteiger partial charge in [0.1, 0.15) is 6.29 Å². The van der Waals surface area contributed by atoms with Gasteiger partial charge in [-0.3, -0.25) is 4.79 Å². The lowest BCUT2D eigenvalue weighted by atomic mass is 10.4. The second-order valence-corrected chi connectivity index (χ2v) is 2.73. The number of nitrogens with zero attached hydrogens (tertiary/aromatic N) is 1. The lowest BCUT2D eigenvalue weighted by molar-refractivity contribution is -0.124. The first-order chi connectivity index (χ1) is 5.06. The maximum Gasteiger partial charge on any atom is 0.234 e. The summed E-state index contributed by atoms with van der Waals surface area (Å²) in [6.45, 7) is 1.96. The Balaban J connectivity index is 3.60. The summed E-state index contributed by atoms with van der Waals surface area (Å²) in [7, 11) is 3.59. The number of carbonyl (C=O) groups excluding carboxylic acids is 2. The highest BCUT2D eigenvalue weighted by molar-refractivity contribution is 5.81. The van der Waals surface area contributed by atoms with Gasteiger partial charge < -0.3 is 15.0 Å². The Hall–Kier alpha value is -0.900. The predicted molar refractivity (Wildman–Crippen MR) is 42.2 cm³/mol. The van der Waals surface area contributed by atoms with Crippen molar-refractivity contribution in [1.29, 1.82) is 0 Å². The molecule has 4 nitrogen and oxygen atoms in total. The summed E-state index contributed by atoms with van der Waals surface area (Å²) in [5.74, 6) is -0.130. The zero-order chi connectivity index (χ0) is 8.85. The van der Waals surface area contributed by atoms with Crippen LogP contribution in [0.2, 0.25) is 0 Å². The molecule has 0 rings (SSSR count). The van der Waals surface area contributed by atoms with E-state index in [4.69, 9.17) is 0 Å². The number of carbonyl (C=O) groups is 2. The van der Waals surface area contributed by atoms with Crippen molar-refractivity contribution in [2.75, 3.05) is 20.6 Å². The molecule has 0 aliphatic carbocycles. The Labute approximate surface area is 66.6 Å². The highest BCUT2D eigenvalue weighted by Crippen LogP contribution is 1.77. The molecule has 11 heavy (non-hydrogen) atoms. The van der Waals surface area contributed by atoms with Gasteiger partial charge in [-0.05, 0) is 21.0 Å². The van der Waals surface area contributed by atoms with Gasteiger partial charge in [0, 0.05) is 0 Å². The first-order valence-corrected chi connectivity index (χ1v) is 3.45. The smallest absolute Gasteiger partial charge is 0.234 e. The maximum absolute atomic E-state index is 10.9. The van der Waals surface area contributed by atoms with Crippen molar-refractivity contribution >= 4 is 12.2 Å². The van der Waals surface area contributed by atoms with Crippen LogP contribution in [0.1, 0.15) is 6.92 Å². The van der Waals surface area contributed by atoms with Crippen LogP contribution in [0.4, 0.5) is 0 Å². The molecule has 1 atom stereocenters. The van der Waals surface area contributed by atoms with Gasteiger partial charge >= 0.3 is 0 Å². The number of nitrogens with one attached hydrogen (secondary N) is 1. The molecule has 1 amide bonds. The van der Waals surface area contributed by atoms with Crippen molar-refractivity contribution in [2.24, 2.45) is 0 Å². The summed E-state index contributed by atoms with van der Waals surface area (Å²) >= 11 is 0. The molecule has 0 fully saturated rings. The topological polar surface area (TPSA) is 49.4 Å². The minimum absolute atomic E-state index is 0.130. The van der Waals surface area contributed by atoms with Crippen molar-refractivity contribution in [3.63, 3.8) is 0 Å². The van der Waals surface area contributed by atoms with E-state index in [9.17, 15) is 9.59 Å². The third-order valence-corrected chi connectivity index (χ3v) is 1.05. The number of hydrogen-bond donors (Lipinski definition) is 1. The van der Waals surface area contributed by atoms with E-state index in [1.807, 2.05) is 0 Å². The van der Waals surface area contributed by atoms with E-state index in [1.54, 1.807) is 25.9 Å². The highest BCUT2D eigenvalue weighted by Gasteiger charge is 2.05. The summed E-state index contributed by atoms with van der Waals surface area (Å²) in [5.41, 5.74) is 0. The molecule has 1 unspecified atom stereocenters. The Kier molecular flexibility index (Phi) is 4.45. The van der Waals surface area contributed by atoms with Gasteiger partial charge in [0.15, 0.2) is 0 Å². The first kappa shape index (κ1) is 10.1. The van der Waals surface area contributed by atoms with E-state index < -0.39 is 0 Å². The maximum atomic E-state index is 10.9. The third kappa shape index (κ3) is 5.54. The average Bonchev–Trinajstić information content (AvgIpc) is 1.85. The Bertz CT molecular complexity index is 145. The molecule has 0 aliphatic heterocycles. The Morgan fingerprint density at radius 1 is 1.64 bits per heavy atom. The molecule has 0 saturated carbocycles. The molecule has 0 aliphatic rings. The minimum Gasteiger partial charge on any atom is -0.346 e. The average molecular weight is 158 g/mol. The van der Waals surface area contributed by atoms with E-state index in [0.717, 1.165) is 0 Å². The number of hydrogen-bond acceptors (Lipinski definition) is 3. The van der Waals surface area contributed by atoms with E-state index in [1.165, 1.54) is 0 Å². The fourth-order valence-electron chi connectivity index (χ4n) is 0.621. The number of likely N-dealkylation sites (N-methyl/N-ethyl adjacent to an activating group) is 1. The Morgan fingerprint density at radius 3 is 2.55 bits per heavy atom. The molecule has 0 spiro atoms. The summed E-state index contributed by atoms with van der Waals surface area (Å²) in [6.07, 6.45) is 0.702. The lowest BCUT2D eigenvalue weighted by Crippen LogP contribution is -2.39. The van der Waals surface area contributed by atoms with Crippen molar-refractivity contribution in [3.8, 4) is 0 Å². The lowest BCUT2D eigenvalue weighted by Gasteiger charge is -2.11. The molecule has 0 bridgehead atoms. The molecule has 1 N–H and O–H groups in total. The fourth-order valence-corrected chi connectivity index (χ4v) is 0.621. The predicted octanol–water partition coefficient (Wildman–Crippen LogP) is -0.748. The second kappa shape index (κ2) is 4.85. The number of amides is 1. The van der Waals surface area contributed by atoms with Crippen LogP contribution in [-0.4, -0.2) is 43.8 Å². The molecule has 0 saturated heterocycles. The molecule has 0 aromatic carbocycles. The zero-order valence-electron chi connectivity index (χ0n) is 7.13. The van der Waals surface area contributed by atoms with Gasteiger partial charge in [0.25, 0.3) is 0 Å². The van der Waals surface area contributed by atoms with Crippen LogP contribution in [-0.2, 0) is 9.59 Å². The molecule has 0 aromatic heterocycles. The van der Waals surface area contributed by atoms with Crippen LogP contribution in [0.5, 0.6) is 0 Å². The molecule has 0 aromatic rings. The number of aldehydes is 1. The summed E-state index contributed by atoms with van der Waals surface area (Å²) < 4.78 is 0. The van der Waals surface area contributed by atoms with Crippen LogP contribution >= 0.6 is 0 Å². The van der Waals surface area contributed by atoms with E-state index in [0.29, 0.717) is 12.8 Å². The van der Waals surface area contributed by atoms with E-state index in [-0.39, 0.29) is 11.9 Å². The monoisotopic (exact) mass is 158 g/mol. The summed E-state index contributed by atoms with van der Waals surface area (Å²) in [4.78, 5) is 22.8. The minimum atomic E-state index is -0.387. The van der Waals surface area contributed by atoms with E-state index >= 15 is 0 Å². The summed E-state index contributed by atoms with van der Waals surface area (Å²) in [5, 5.41) is 2.51. The highest BCUT2D eigenvalue weighted by atomic mass is 16.2. The van der Waals surface area contributed by atoms with Crippen molar-refractivity contribution in [1.82, 2.24) is 10.2 Å². The van der Waals surface area contributed by atoms with Gasteiger partial charge in [-0.25, -0.2) is 0 Å². The Morgan fingerprint density at radius 2 is 2.18 bits per heavy atom. The fraction of sp³-hybridized carbons (Fsp3) is 0.714. The standard InChI is InChI=1S/C7H14N2O2/c1-6(5-10)8-7(11)4-9(2)3/h5-6H,4H2,1-3H3,(H,8,11). The van der Waals surface area contributed by atoms with Gasteiger partial charge in [-0.1, -0.05) is 0 Å². The molecular formula is C7H14N2O2. The first-order valence-electron chi connectivity index (χ1n) is 3.45. The molecule has 0 radical (unpaired) electrons. The normalized spacial score (nSPS) is 12.7. The van der Waals surface area contributed by atoms with Gasteiger partial charge in [-0.15, -0.1) is 0 Å². The molecular weight excluding hydrogens is 144 g/mol. The van der Waals surface area contributed by atoms with Crippen LogP contribution in [0.3, 0.4) is 0 Å². The van der Waals surface area contributed by atoms with Crippen LogP contribution in [0.15, 0.2) is 0 Å². The van der Waals surface area contributed by atoms with E-state index in [2.05, 4.69) is 5.32 Å². The SMILES string of the molecule is CC(C=O)NC(=O)CN(C)C. The second-order valence-electron chi connectivity index (χ2n) is 2.73. The van der Waals surface area contributed by atoms with Gasteiger partial charge in [0.2, 0.25) is 5.91 Å². The van der Waals surface area contributed by atoms with Gasteiger partial charge in [0.05, 0.1) is 12.6 Å².